The van der Waals surface area contributed by atoms with E-state index in [1.807, 2.05) is 12.1 Å². The number of aryl methyl sites for hydroxylation is 1. The van der Waals surface area contributed by atoms with Crippen molar-refractivity contribution in [2.45, 2.75) is 13.5 Å². The van der Waals surface area contributed by atoms with Crippen LogP contribution in [-0.4, -0.2) is 11.7 Å². The van der Waals surface area contributed by atoms with Crippen LogP contribution in [0.3, 0.4) is 0 Å². The first kappa shape index (κ1) is 12.9. The molecule has 0 saturated carbocycles. The summed E-state index contributed by atoms with van der Waals surface area (Å²) >= 11 is 0. The quantitative estimate of drug-likeness (QED) is 0.842. The molecule has 0 atom stereocenters. The molecule has 0 unspecified atom stereocenters. The van der Waals surface area contributed by atoms with Gasteiger partial charge in [-0.3, -0.25) is 4.79 Å². The molecule has 0 aliphatic carbocycles. The smallest absolute Gasteiger partial charge is 0.253 e. The number of hydrogen-bond acceptors (Lipinski definition) is 3. The van der Waals surface area contributed by atoms with Gasteiger partial charge in [0.2, 0.25) is 0 Å². The maximum Gasteiger partial charge on any atom is 0.253 e. The van der Waals surface area contributed by atoms with Gasteiger partial charge in [-0.25, -0.2) is 0 Å². The number of nitrogens with zero attached hydrogens (tertiary/aromatic N) is 2. The number of rotatable bonds is 3. The van der Waals surface area contributed by atoms with Crippen molar-refractivity contribution in [3.8, 4) is 11.8 Å². The highest BCUT2D eigenvalue weighted by Gasteiger charge is 2.05. The lowest BCUT2D eigenvalue weighted by Crippen LogP contribution is -2.21. The molecule has 2 rings (SSSR count). The van der Waals surface area contributed by atoms with E-state index in [2.05, 4.69) is 6.07 Å². The number of hydrogen-bond donors (Lipinski definition) is 0. The van der Waals surface area contributed by atoms with Gasteiger partial charge in [-0.1, -0.05) is 12.1 Å². The molecule has 0 amide bonds. The van der Waals surface area contributed by atoms with Crippen LogP contribution in [-0.2, 0) is 6.54 Å². The molecule has 0 bridgehead atoms. The Bertz CT molecular complexity index is 696. The molecule has 2 aromatic rings. The minimum absolute atomic E-state index is 0.0168. The van der Waals surface area contributed by atoms with Gasteiger partial charge in [-0.05, 0) is 30.7 Å². The van der Waals surface area contributed by atoms with Crippen molar-refractivity contribution >= 4 is 0 Å². The molecule has 1 heterocycles. The van der Waals surface area contributed by atoms with Gasteiger partial charge in [-0.15, -0.1) is 0 Å². The predicted molar refractivity (Wildman–Crippen MR) is 72.3 cm³/mol. The lowest BCUT2D eigenvalue weighted by molar-refractivity contribution is 0.413. The summed E-state index contributed by atoms with van der Waals surface area (Å²) in [5.74, 6) is 0.544. The van der Waals surface area contributed by atoms with Crippen LogP contribution in [0.2, 0.25) is 0 Å². The highest BCUT2D eigenvalue weighted by atomic mass is 16.5. The summed E-state index contributed by atoms with van der Waals surface area (Å²) in [6.45, 7) is 2.23. The minimum Gasteiger partial charge on any atom is -0.495 e. The molecule has 0 fully saturated rings. The van der Waals surface area contributed by atoms with Gasteiger partial charge >= 0.3 is 0 Å². The van der Waals surface area contributed by atoms with E-state index in [4.69, 9.17) is 10.00 Å². The lowest BCUT2D eigenvalue weighted by atomic mass is 10.1. The number of methoxy groups -OCH3 is 1. The van der Waals surface area contributed by atoms with Crippen LogP contribution >= 0.6 is 0 Å². The molecular formula is C15H14N2O2. The second-order valence-electron chi connectivity index (χ2n) is 4.27. The van der Waals surface area contributed by atoms with Crippen molar-refractivity contribution < 1.29 is 4.74 Å². The first-order chi connectivity index (χ1) is 9.15. The minimum atomic E-state index is -0.0168. The molecule has 0 N–H and O–H groups in total. The fourth-order valence-electron chi connectivity index (χ4n) is 1.92. The van der Waals surface area contributed by atoms with E-state index in [-0.39, 0.29) is 5.56 Å². The van der Waals surface area contributed by atoms with Crippen molar-refractivity contribution in [2.24, 2.45) is 0 Å². The molecule has 0 radical (unpaired) electrons. The Hall–Kier alpha value is -2.54. The van der Waals surface area contributed by atoms with Crippen molar-refractivity contribution in [3.05, 3.63) is 63.6 Å². The fourth-order valence-corrected chi connectivity index (χ4v) is 1.92. The van der Waals surface area contributed by atoms with Crippen molar-refractivity contribution in [1.82, 2.24) is 4.57 Å². The number of aromatic nitrogens is 1. The first-order valence-corrected chi connectivity index (χ1v) is 5.89. The standard InChI is InChI=1S/C15H14N2O2/c1-11-4-3-7-17(15(11)18)10-12-5-6-14(19-2)13(8-12)9-16/h3-8H,10H2,1-2H3. The van der Waals surface area contributed by atoms with E-state index in [0.717, 1.165) is 5.56 Å². The van der Waals surface area contributed by atoms with Crippen LogP contribution in [0.4, 0.5) is 0 Å². The summed E-state index contributed by atoms with van der Waals surface area (Å²) < 4.78 is 6.72. The molecule has 19 heavy (non-hydrogen) atoms. The zero-order chi connectivity index (χ0) is 13.8. The van der Waals surface area contributed by atoms with E-state index >= 15 is 0 Å². The third-order valence-corrected chi connectivity index (χ3v) is 2.95. The number of benzene rings is 1. The van der Waals surface area contributed by atoms with Crippen molar-refractivity contribution in [1.29, 1.82) is 5.26 Å². The first-order valence-electron chi connectivity index (χ1n) is 5.89. The van der Waals surface area contributed by atoms with Gasteiger partial charge in [0.1, 0.15) is 11.8 Å². The van der Waals surface area contributed by atoms with Crippen LogP contribution < -0.4 is 10.3 Å². The summed E-state index contributed by atoms with van der Waals surface area (Å²) in [4.78, 5) is 11.9. The summed E-state index contributed by atoms with van der Waals surface area (Å²) in [7, 11) is 1.53. The van der Waals surface area contributed by atoms with Gasteiger partial charge in [-0.2, -0.15) is 5.26 Å². The molecule has 4 heteroatoms. The highest BCUT2D eigenvalue weighted by Crippen LogP contribution is 2.19. The Balaban J connectivity index is 2.37. The monoisotopic (exact) mass is 254 g/mol. The third-order valence-electron chi connectivity index (χ3n) is 2.95. The van der Waals surface area contributed by atoms with Gasteiger partial charge < -0.3 is 9.30 Å². The number of ether oxygens (including phenoxy) is 1. The maximum absolute atomic E-state index is 11.9. The number of pyridine rings is 1. The molecule has 1 aromatic heterocycles. The Morgan fingerprint density at radius 2 is 2.16 bits per heavy atom. The molecule has 0 saturated heterocycles. The normalized spacial score (nSPS) is 9.95. The van der Waals surface area contributed by atoms with E-state index < -0.39 is 0 Å². The molecule has 96 valence electrons. The molecule has 0 aliphatic heterocycles. The predicted octanol–water partition coefficient (Wildman–Crippen LogP) is 2.09. The van der Waals surface area contributed by atoms with Gasteiger partial charge in [0.15, 0.2) is 0 Å². The second kappa shape index (κ2) is 5.40. The second-order valence-corrected chi connectivity index (χ2v) is 4.27. The molecule has 1 aromatic carbocycles. The summed E-state index contributed by atoms with van der Waals surface area (Å²) in [5, 5.41) is 9.04. The zero-order valence-corrected chi connectivity index (χ0v) is 10.9. The van der Waals surface area contributed by atoms with Crippen LogP contribution in [0, 0.1) is 18.3 Å². The lowest BCUT2D eigenvalue weighted by Gasteiger charge is -2.08. The topological polar surface area (TPSA) is 55.0 Å². The van der Waals surface area contributed by atoms with E-state index in [1.54, 1.807) is 35.9 Å². The number of nitriles is 1. The van der Waals surface area contributed by atoms with Crippen molar-refractivity contribution in [3.63, 3.8) is 0 Å². The molecule has 4 nitrogen and oxygen atoms in total. The third kappa shape index (κ3) is 2.66. The fraction of sp³-hybridized carbons (Fsp3) is 0.200. The average molecular weight is 254 g/mol. The zero-order valence-electron chi connectivity index (χ0n) is 10.9. The van der Waals surface area contributed by atoms with E-state index in [9.17, 15) is 4.79 Å². The Morgan fingerprint density at radius 3 is 2.84 bits per heavy atom. The van der Waals surface area contributed by atoms with Gasteiger partial charge in [0.05, 0.1) is 19.2 Å². The average Bonchev–Trinajstić information content (AvgIpc) is 2.43. The van der Waals surface area contributed by atoms with Crippen LogP contribution in [0.5, 0.6) is 5.75 Å². The Morgan fingerprint density at radius 1 is 1.37 bits per heavy atom. The van der Waals surface area contributed by atoms with Gasteiger partial charge in [0.25, 0.3) is 5.56 Å². The SMILES string of the molecule is COc1ccc(Cn2cccc(C)c2=O)cc1C#N. The van der Waals surface area contributed by atoms with E-state index in [0.29, 0.717) is 23.4 Å². The van der Waals surface area contributed by atoms with Crippen LogP contribution in [0.1, 0.15) is 16.7 Å². The molecular weight excluding hydrogens is 240 g/mol. The molecule has 0 aliphatic rings. The Labute approximate surface area is 111 Å². The highest BCUT2D eigenvalue weighted by molar-refractivity contribution is 5.45. The summed E-state index contributed by atoms with van der Waals surface area (Å²) in [6.07, 6.45) is 1.74. The largest absolute Gasteiger partial charge is 0.495 e. The molecule has 0 spiro atoms. The summed E-state index contributed by atoms with van der Waals surface area (Å²) in [5.41, 5.74) is 2.05. The van der Waals surface area contributed by atoms with Crippen LogP contribution in [0.25, 0.3) is 0 Å². The Kier molecular flexibility index (Phi) is 3.67. The maximum atomic E-state index is 11.9. The van der Waals surface area contributed by atoms with E-state index in [1.165, 1.54) is 7.11 Å². The van der Waals surface area contributed by atoms with Gasteiger partial charge in [0, 0.05) is 11.8 Å². The van der Waals surface area contributed by atoms with Crippen molar-refractivity contribution in [2.75, 3.05) is 7.11 Å². The van der Waals surface area contributed by atoms with Crippen LogP contribution in [0.15, 0.2) is 41.3 Å². The summed E-state index contributed by atoms with van der Waals surface area (Å²) in [6, 6.07) is 11.1.